The van der Waals surface area contributed by atoms with Crippen LogP contribution in [-0.4, -0.2) is 17.9 Å². The van der Waals surface area contributed by atoms with Crippen molar-refractivity contribution >= 4 is 17.9 Å². The first-order valence-corrected chi connectivity index (χ1v) is 7.40. The summed E-state index contributed by atoms with van der Waals surface area (Å²) in [5, 5.41) is 0. The number of hydrogen-bond acceptors (Lipinski definition) is 3. The van der Waals surface area contributed by atoms with Gasteiger partial charge in [-0.3, -0.25) is 20.4 Å². The van der Waals surface area contributed by atoms with Gasteiger partial charge in [0.05, 0.1) is 0 Å². The van der Waals surface area contributed by atoms with Gasteiger partial charge in [0.2, 0.25) is 0 Å². The second kappa shape index (κ2) is 8.58. The number of rotatable bonds is 5. The Kier molecular flexibility index (Phi) is 6.22. The summed E-state index contributed by atoms with van der Waals surface area (Å²) in [7, 11) is 0. The molecule has 0 heterocycles. The van der Waals surface area contributed by atoms with Gasteiger partial charge in [-0.05, 0) is 42.8 Å². The Balaban J connectivity index is 1.81. The Labute approximate surface area is 143 Å². The van der Waals surface area contributed by atoms with E-state index in [9.17, 15) is 18.4 Å². The van der Waals surface area contributed by atoms with Gasteiger partial charge in [0.25, 0.3) is 11.8 Å². The largest absolute Gasteiger partial charge is 0.478 e. The van der Waals surface area contributed by atoms with E-state index >= 15 is 0 Å². The first kappa shape index (κ1) is 18.1. The van der Waals surface area contributed by atoms with Crippen LogP contribution in [0.2, 0.25) is 0 Å². The van der Waals surface area contributed by atoms with Crippen LogP contribution in [0.3, 0.4) is 0 Å². The van der Waals surface area contributed by atoms with Crippen LogP contribution in [0.25, 0.3) is 6.08 Å². The number of hydrogen-bond donors (Lipinski definition) is 2. The lowest BCUT2D eigenvalue weighted by molar-refractivity contribution is -0.131. The van der Waals surface area contributed by atoms with Crippen LogP contribution in [0.4, 0.5) is 8.78 Å². The monoisotopic (exact) mass is 346 g/mol. The molecule has 0 unspecified atom stereocenters. The molecule has 0 aliphatic rings. The van der Waals surface area contributed by atoms with Crippen molar-refractivity contribution < 1.29 is 23.1 Å². The number of para-hydroxylation sites is 1. The van der Waals surface area contributed by atoms with E-state index in [0.29, 0.717) is 5.56 Å². The first-order valence-electron chi connectivity index (χ1n) is 7.40. The van der Waals surface area contributed by atoms with Crippen molar-refractivity contribution in [2.45, 2.75) is 13.0 Å². The molecule has 2 amide bonds. The number of ether oxygens (including phenoxy) is 1. The lowest BCUT2D eigenvalue weighted by atomic mass is 10.2. The maximum Gasteiger partial charge on any atom is 0.279 e. The summed E-state index contributed by atoms with van der Waals surface area (Å²) in [5.41, 5.74) is 4.97. The maximum atomic E-state index is 13.5. The Bertz CT molecular complexity index is 776. The van der Waals surface area contributed by atoms with Gasteiger partial charge in [-0.2, -0.15) is 0 Å². The number of nitrogens with one attached hydrogen (secondary N) is 2. The van der Waals surface area contributed by atoms with Crippen molar-refractivity contribution in [2.24, 2.45) is 0 Å². The molecule has 0 aliphatic carbocycles. The fourth-order valence-corrected chi connectivity index (χ4v) is 1.80. The highest BCUT2D eigenvalue weighted by molar-refractivity contribution is 5.93. The van der Waals surface area contributed by atoms with E-state index in [0.717, 1.165) is 0 Å². The summed E-state index contributed by atoms with van der Waals surface area (Å²) in [4.78, 5) is 23.5. The average molecular weight is 346 g/mol. The van der Waals surface area contributed by atoms with E-state index < -0.39 is 23.7 Å². The number of halogens is 2. The quantitative estimate of drug-likeness (QED) is 0.646. The van der Waals surface area contributed by atoms with Gasteiger partial charge in [-0.1, -0.05) is 24.3 Å². The van der Waals surface area contributed by atoms with Gasteiger partial charge in [0, 0.05) is 6.08 Å². The third kappa shape index (κ3) is 5.72. The van der Waals surface area contributed by atoms with Crippen molar-refractivity contribution in [1.29, 1.82) is 0 Å². The predicted octanol–water partition coefficient (Wildman–Crippen LogP) is 2.59. The third-order valence-electron chi connectivity index (χ3n) is 3.12. The van der Waals surface area contributed by atoms with Crippen LogP contribution in [0.5, 0.6) is 5.75 Å². The first-order chi connectivity index (χ1) is 12.0. The predicted molar refractivity (Wildman–Crippen MR) is 88.2 cm³/mol. The highest BCUT2D eigenvalue weighted by atomic mass is 19.1. The zero-order valence-electron chi connectivity index (χ0n) is 13.3. The molecule has 2 rings (SSSR count). The van der Waals surface area contributed by atoms with Gasteiger partial charge < -0.3 is 4.74 Å². The molecule has 130 valence electrons. The molecule has 5 nitrogen and oxygen atoms in total. The van der Waals surface area contributed by atoms with Crippen molar-refractivity contribution in [3.8, 4) is 5.75 Å². The summed E-state index contributed by atoms with van der Waals surface area (Å²) in [6.07, 6.45) is 1.62. The van der Waals surface area contributed by atoms with Crippen LogP contribution < -0.4 is 15.6 Å². The molecule has 0 aliphatic heterocycles. The summed E-state index contributed by atoms with van der Waals surface area (Å²) in [5.74, 6) is -2.26. The molecule has 0 radical (unpaired) electrons. The standard InChI is InChI=1S/C18H16F2N2O3/c1-12(25-16-5-3-2-4-15(16)20)18(24)22-21-17(23)11-8-13-6-9-14(19)10-7-13/h2-12H,1H3,(H,21,23)(H,22,24)/b11-8+/t12-/m0/s1. The van der Waals surface area contributed by atoms with Crippen LogP contribution in [-0.2, 0) is 9.59 Å². The molecule has 7 heteroatoms. The Hall–Kier alpha value is -3.22. The van der Waals surface area contributed by atoms with Gasteiger partial charge >= 0.3 is 0 Å². The molecule has 0 aromatic heterocycles. The van der Waals surface area contributed by atoms with Crippen LogP contribution >= 0.6 is 0 Å². The lowest BCUT2D eigenvalue weighted by Gasteiger charge is -2.15. The molecular weight excluding hydrogens is 330 g/mol. The molecule has 0 spiro atoms. The topological polar surface area (TPSA) is 67.4 Å². The molecule has 2 aromatic carbocycles. The number of carbonyl (C=O) groups excluding carboxylic acids is 2. The Morgan fingerprint density at radius 2 is 1.72 bits per heavy atom. The van der Waals surface area contributed by atoms with E-state index in [4.69, 9.17) is 4.74 Å². The maximum absolute atomic E-state index is 13.5. The van der Waals surface area contributed by atoms with Crippen LogP contribution in [0.1, 0.15) is 12.5 Å². The lowest BCUT2D eigenvalue weighted by Crippen LogP contribution is -2.46. The molecular formula is C18H16F2N2O3. The van der Waals surface area contributed by atoms with Gasteiger partial charge in [0.1, 0.15) is 5.82 Å². The number of carbonyl (C=O) groups is 2. The van der Waals surface area contributed by atoms with Gasteiger partial charge in [-0.15, -0.1) is 0 Å². The minimum atomic E-state index is -1.02. The molecule has 0 bridgehead atoms. The smallest absolute Gasteiger partial charge is 0.279 e. The molecule has 0 saturated carbocycles. The minimum absolute atomic E-state index is 0.0623. The van der Waals surface area contributed by atoms with E-state index in [1.165, 1.54) is 61.5 Å². The van der Waals surface area contributed by atoms with E-state index in [-0.39, 0.29) is 11.6 Å². The zero-order valence-corrected chi connectivity index (χ0v) is 13.3. The van der Waals surface area contributed by atoms with E-state index in [2.05, 4.69) is 10.9 Å². The molecule has 2 N–H and O–H groups in total. The van der Waals surface area contributed by atoms with E-state index in [1.807, 2.05) is 0 Å². The fourth-order valence-electron chi connectivity index (χ4n) is 1.80. The van der Waals surface area contributed by atoms with Crippen molar-refractivity contribution in [3.05, 3.63) is 71.8 Å². The minimum Gasteiger partial charge on any atom is -0.478 e. The Morgan fingerprint density at radius 3 is 2.40 bits per heavy atom. The third-order valence-corrected chi connectivity index (χ3v) is 3.12. The summed E-state index contributed by atoms with van der Waals surface area (Å²) in [6.45, 7) is 1.42. The molecule has 0 fully saturated rings. The number of hydrazine groups is 1. The highest BCUT2D eigenvalue weighted by Crippen LogP contribution is 2.16. The summed E-state index contributed by atoms with van der Waals surface area (Å²) in [6, 6.07) is 11.2. The second-order valence-electron chi connectivity index (χ2n) is 5.05. The zero-order chi connectivity index (χ0) is 18.2. The number of amides is 2. The Morgan fingerprint density at radius 1 is 1.04 bits per heavy atom. The van der Waals surface area contributed by atoms with Crippen LogP contribution in [0.15, 0.2) is 54.6 Å². The highest BCUT2D eigenvalue weighted by Gasteiger charge is 2.16. The van der Waals surface area contributed by atoms with Crippen molar-refractivity contribution in [2.75, 3.05) is 0 Å². The van der Waals surface area contributed by atoms with E-state index in [1.54, 1.807) is 6.07 Å². The van der Waals surface area contributed by atoms with Gasteiger partial charge in [-0.25, -0.2) is 8.78 Å². The van der Waals surface area contributed by atoms with Crippen LogP contribution in [0, 0.1) is 11.6 Å². The molecule has 0 saturated heterocycles. The second-order valence-corrected chi connectivity index (χ2v) is 5.05. The fraction of sp³-hybridized carbons (Fsp3) is 0.111. The molecule has 2 aromatic rings. The summed E-state index contributed by atoms with van der Waals surface area (Å²) >= 11 is 0. The summed E-state index contributed by atoms with van der Waals surface area (Å²) < 4.78 is 31.4. The molecule has 25 heavy (non-hydrogen) atoms. The molecule has 1 atom stereocenters. The normalized spacial score (nSPS) is 11.8. The number of benzene rings is 2. The SMILES string of the molecule is C[C@H](Oc1ccccc1F)C(=O)NNC(=O)/C=C/c1ccc(F)cc1. The van der Waals surface area contributed by atoms with Gasteiger partial charge in [0.15, 0.2) is 17.7 Å². The average Bonchev–Trinajstić information content (AvgIpc) is 2.61. The van der Waals surface area contributed by atoms with Crippen molar-refractivity contribution in [3.63, 3.8) is 0 Å². The van der Waals surface area contributed by atoms with Crippen molar-refractivity contribution in [1.82, 2.24) is 10.9 Å².